The molecule has 2 saturated heterocycles. The Bertz CT molecular complexity index is 1620. The molecule has 206 valence electrons. The third-order valence-corrected chi connectivity index (χ3v) is 9.81. The predicted molar refractivity (Wildman–Crippen MR) is 151 cm³/mol. The van der Waals surface area contributed by atoms with Crippen LogP contribution in [0, 0.1) is 29.1 Å². The molecule has 3 fully saturated rings. The number of aromatic hydroxyl groups is 1. The topological polar surface area (TPSA) is 95.0 Å². The molecule has 1 saturated carbocycles. The Morgan fingerprint density at radius 2 is 1.46 bits per heavy atom. The highest BCUT2D eigenvalue weighted by Crippen LogP contribution is 2.64. The van der Waals surface area contributed by atoms with Crippen LogP contribution in [0.1, 0.15) is 36.8 Å². The Balaban J connectivity index is 1.34. The van der Waals surface area contributed by atoms with Crippen LogP contribution >= 0.6 is 0 Å². The van der Waals surface area contributed by atoms with E-state index in [2.05, 4.69) is 0 Å². The first-order valence-electron chi connectivity index (χ1n) is 14.1. The summed E-state index contributed by atoms with van der Waals surface area (Å²) in [7, 11) is 0. The molecule has 3 aromatic rings. The number of amides is 4. The van der Waals surface area contributed by atoms with Crippen molar-refractivity contribution >= 4 is 29.3 Å². The lowest BCUT2D eigenvalue weighted by molar-refractivity contribution is -0.141. The molecule has 6 atom stereocenters. The molecule has 2 aliphatic carbocycles. The summed E-state index contributed by atoms with van der Waals surface area (Å²) in [5.74, 6) is -3.85. The second-order valence-electron chi connectivity index (χ2n) is 11.8. The summed E-state index contributed by atoms with van der Waals surface area (Å²) >= 11 is 0. The molecule has 7 rings (SSSR count). The van der Waals surface area contributed by atoms with E-state index in [0.29, 0.717) is 24.1 Å². The number of carbonyl (C=O) groups is 4. The van der Waals surface area contributed by atoms with Gasteiger partial charge in [0.15, 0.2) is 0 Å². The number of hydrogen-bond donors (Lipinski definition) is 1. The van der Waals surface area contributed by atoms with Gasteiger partial charge in [-0.15, -0.1) is 0 Å². The van der Waals surface area contributed by atoms with E-state index in [0.717, 1.165) is 11.1 Å². The van der Waals surface area contributed by atoms with E-state index >= 15 is 0 Å². The van der Waals surface area contributed by atoms with Gasteiger partial charge in [0.1, 0.15) is 5.75 Å². The number of anilines is 1. The monoisotopic (exact) mass is 546 g/mol. The highest BCUT2D eigenvalue weighted by molar-refractivity contribution is 6.24. The van der Waals surface area contributed by atoms with E-state index in [9.17, 15) is 24.3 Å². The summed E-state index contributed by atoms with van der Waals surface area (Å²) < 4.78 is 0. The van der Waals surface area contributed by atoms with Crippen molar-refractivity contribution in [2.45, 2.75) is 32.2 Å². The highest BCUT2D eigenvalue weighted by atomic mass is 16.3. The first-order valence-corrected chi connectivity index (χ1v) is 14.1. The number of rotatable bonds is 4. The van der Waals surface area contributed by atoms with Gasteiger partial charge in [0, 0.05) is 11.5 Å². The van der Waals surface area contributed by atoms with Crippen molar-refractivity contribution in [3.05, 3.63) is 108 Å². The number of benzene rings is 3. The zero-order valence-electron chi connectivity index (χ0n) is 22.6. The number of allylic oxidation sites excluding steroid dienone is 2. The quantitative estimate of drug-likeness (QED) is 0.374. The van der Waals surface area contributed by atoms with Gasteiger partial charge in [0.2, 0.25) is 23.6 Å². The van der Waals surface area contributed by atoms with Crippen molar-refractivity contribution in [2.75, 3.05) is 4.90 Å². The Kier molecular flexibility index (Phi) is 5.75. The second-order valence-corrected chi connectivity index (χ2v) is 11.8. The SMILES string of the molecule is CC12C(=O)N(c3ccccc3)C(=O)C1CC1C(=CCC3C(=O)N(Cc4ccccc4)C(=O)C31)C2c1ccccc1O. The van der Waals surface area contributed by atoms with Gasteiger partial charge in [0.25, 0.3) is 0 Å². The van der Waals surface area contributed by atoms with E-state index in [-0.39, 0.29) is 35.9 Å². The van der Waals surface area contributed by atoms with E-state index in [1.807, 2.05) is 55.5 Å². The van der Waals surface area contributed by atoms with Crippen molar-refractivity contribution < 1.29 is 24.3 Å². The van der Waals surface area contributed by atoms with Crippen LogP contribution in [-0.4, -0.2) is 33.6 Å². The number of carbonyl (C=O) groups excluding carboxylic acids is 4. The Hall–Kier alpha value is -4.52. The van der Waals surface area contributed by atoms with E-state index in [4.69, 9.17) is 0 Å². The zero-order chi connectivity index (χ0) is 28.5. The summed E-state index contributed by atoms with van der Waals surface area (Å²) in [5.41, 5.74) is 1.63. The summed E-state index contributed by atoms with van der Waals surface area (Å²) in [4.78, 5) is 58.6. The summed E-state index contributed by atoms with van der Waals surface area (Å²) in [6.07, 6.45) is 2.67. The number of phenols is 1. The molecule has 2 heterocycles. The molecule has 2 aliphatic heterocycles. The smallest absolute Gasteiger partial charge is 0.241 e. The minimum Gasteiger partial charge on any atom is -0.508 e. The van der Waals surface area contributed by atoms with E-state index in [1.165, 1.54) is 9.80 Å². The molecule has 0 radical (unpaired) electrons. The van der Waals surface area contributed by atoms with Gasteiger partial charge in [-0.1, -0.05) is 78.4 Å². The fraction of sp³-hybridized carbons (Fsp3) is 0.294. The van der Waals surface area contributed by atoms with Crippen molar-refractivity contribution in [3.8, 4) is 5.75 Å². The Morgan fingerprint density at radius 3 is 2.17 bits per heavy atom. The molecule has 0 spiro atoms. The summed E-state index contributed by atoms with van der Waals surface area (Å²) in [5, 5.41) is 11.0. The number of fused-ring (bicyclic) bond motifs is 4. The van der Waals surface area contributed by atoms with E-state index < -0.39 is 35.0 Å². The van der Waals surface area contributed by atoms with Crippen LogP contribution in [0.3, 0.4) is 0 Å². The predicted octanol–water partition coefficient (Wildman–Crippen LogP) is 4.82. The van der Waals surface area contributed by atoms with Crippen LogP contribution in [0.2, 0.25) is 0 Å². The number of para-hydroxylation sites is 2. The molecule has 7 heteroatoms. The largest absolute Gasteiger partial charge is 0.508 e. The maximum atomic E-state index is 14.3. The maximum Gasteiger partial charge on any atom is 0.241 e. The molecule has 6 unspecified atom stereocenters. The van der Waals surface area contributed by atoms with Crippen LogP contribution in [0.15, 0.2) is 96.6 Å². The van der Waals surface area contributed by atoms with Gasteiger partial charge < -0.3 is 5.11 Å². The lowest BCUT2D eigenvalue weighted by atomic mass is 9.51. The van der Waals surface area contributed by atoms with Crippen molar-refractivity contribution in [1.29, 1.82) is 0 Å². The second kappa shape index (κ2) is 9.26. The van der Waals surface area contributed by atoms with Gasteiger partial charge in [-0.05, 0) is 49.4 Å². The van der Waals surface area contributed by atoms with Crippen LogP contribution in [0.5, 0.6) is 5.75 Å². The standard InChI is InChI=1S/C34H30N2O5/c1-34-26(31(39)36(33(34)41)21-12-6-3-7-13-21)18-25-22(29(34)23-14-8-9-15-27(23)37)16-17-24-28(25)32(40)35(30(24)38)19-20-10-4-2-5-11-20/h2-16,24-26,28-29,37H,17-19H2,1H3. The molecular weight excluding hydrogens is 516 g/mol. The molecule has 41 heavy (non-hydrogen) atoms. The fourth-order valence-corrected chi connectivity index (χ4v) is 7.90. The zero-order valence-corrected chi connectivity index (χ0v) is 22.6. The number of imide groups is 2. The Labute approximate surface area is 238 Å². The van der Waals surface area contributed by atoms with Gasteiger partial charge in [0.05, 0.1) is 35.4 Å². The first kappa shape index (κ1) is 25.4. The van der Waals surface area contributed by atoms with Crippen molar-refractivity contribution in [2.24, 2.45) is 29.1 Å². The van der Waals surface area contributed by atoms with E-state index in [1.54, 1.807) is 42.5 Å². The van der Waals surface area contributed by atoms with Crippen LogP contribution in [0.25, 0.3) is 0 Å². The minimum absolute atomic E-state index is 0.0408. The molecule has 0 bridgehead atoms. The molecule has 4 amide bonds. The summed E-state index contributed by atoms with van der Waals surface area (Å²) in [6, 6.07) is 25.3. The third kappa shape index (κ3) is 3.57. The van der Waals surface area contributed by atoms with Gasteiger partial charge in [-0.2, -0.15) is 0 Å². The first-order chi connectivity index (χ1) is 19.8. The average molecular weight is 547 g/mol. The lowest BCUT2D eigenvalue weighted by Gasteiger charge is -2.49. The van der Waals surface area contributed by atoms with Gasteiger partial charge in [-0.25, -0.2) is 4.90 Å². The number of hydrogen-bond acceptors (Lipinski definition) is 5. The molecule has 7 nitrogen and oxygen atoms in total. The number of nitrogens with zero attached hydrogens (tertiary/aromatic N) is 2. The molecule has 1 N–H and O–H groups in total. The minimum atomic E-state index is -1.17. The lowest BCUT2D eigenvalue weighted by Crippen LogP contribution is -2.48. The molecule has 0 aromatic heterocycles. The Morgan fingerprint density at radius 1 is 0.805 bits per heavy atom. The highest BCUT2D eigenvalue weighted by Gasteiger charge is 2.67. The van der Waals surface area contributed by atoms with Crippen molar-refractivity contribution in [1.82, 2.24) is 4.90 Å². The normalized spacial score (nSPS) is 30.7. The van der Waals surface area contributed by atoms with Gasteiger partial charge in [-0.3, -0.25) is 24.1 Å². The fourth-order valence-electron chi connectivity index (χ4n) is 7.90. The number of phenolic OH excluding ortho intramolecular Hbond substituents is 1. The third-order valence-electron chi connectivity index (χ3n) is 9.81. The maximum absolute atomic E-state index is 14.3. The van der Waals surface area contributed by atoms with Crippen molar-refractivity contribution in [3.63, 3.8) is 0 Å². The molecule has 4 aliphatic rings. The van der Waals surface area contributed by atoms with Crippen LogP contribution in [-0.2, 0) is 25.7 Å². The van der Waals surface area contributed by atoms with Crippen LogP contribution in [0.4, 0.5) is 5.69 Å². The van der Waals surface area contributed by atoms with Gasteiger partial charge >= 0.3 is 0 Å². The molecular formula is C34H30N2O5. The number of likely N-dealkylation sites (tertiary alicyclic amines) is 1. The summed E-state index contributed by atoms with van der Waals surface area (Å²) in [6.45, 7) is 2.03. The molecule has 3 aromatic carbocycles. The van der Waals surface area contributed by atoms with Crippen LogP contribution < -0.4 is 4.90 Å². The average Bonchev–Trinajstić information content (AvgIpc) is 3.34.